The number of carbonyl (C=O) groups excluding carboxylic acids is 2. The highest BCUT2D eigenvalue weighted by Crippen LogP contribution is 2.41. The minimum atomic E-state index is -4.38. The number of benzene rings is 1. The molecule has 10 heteroatoms. The monoisotopic (exact) mass is 541 g/mol. The Bertz CT molecular complexity index is 1290. The lowest BCUT2D eigenvalue weighted by Gasteiger charge is -2.32. The van der Waals surface area contributed by atoms with Gasteiger partial charge in [-0.2, -0.15) is 18.3 Å². The van der Waals surface area contributed by atoms with Crippen molar-refractivity contribution in [3.63, 3.8) is 0 Å². The van der Waals surface area contributed by atoms with Crippen LogP contribution in [-0.4, -0.2) is 32.6 Å². The number of alkyl halides is 3. The van der Waals surface area contributed by atoms with E-state index in [1.165, 1.54) is 6.42 Å². The third-order valence-corrected chi connectivity index (χ3v) is 8.15. The minimum absolute atomic E-state index is 0.00503. The Hall–Kier alpha value is -3.43. The highest BCUT2D eigenvalue weighted by atomic mass is 19.4. The second kappa shape index (κ2) is 11.8. The molecule has 2 aliphatic rings. The van der Waals surface area contributed by atoms with E-state index < -0.39 is 23.9 Å². The summed E-state index contributed by atoms with van der Waals surface area (Å²) < 4.78 is 42.0. The Balaban J connectivity index is 1.31. The quantitative estimate of drug-likeness (QED) is 0.398. The van der Waals surface area contributed by atoms with Gasteiger partial charge in [0.1, 0.15) is 0 Å². The van der Waals surface area contributed by atoms with Crippen LogP contribution < -0.4 is 10.6 Å². The van der Waals surface area contributed by atoms with Crippen LogP contribution >= 0.6 is 0 Å². The fraction of sp³-hybridized carbons (Fsp3) is 0.517. The van der Waals surface area contributed by atoms with Crippen LogP contribution in [-0.2, 0) is 11.3 Å². The van der Waals surface area contributed by atoms with Crippen molar-refractivity contribution in [1.29, 1.82) is 0 Å². The fourth-order valence-electron chi connectivity index (χ4n) is 6.05. The van der Waals surface area contributed by atoms with E-state index in [4.69, 9.17) is 4.98 Å². The second-order valence-corrected chi connectivity index (χ2v) is 10.8. The maximum absolute atomic E-state index is 13.4. The van der Waals surface area contributed by atoms with E-state index in [9.17, 15) is 22.8 Å². The van der Waals surface area contributed by atoms with E-state index in [0.29, 0.717) is 29.6 Å². The topological polar surface area (TPSA) is 88.4 Å². The smallest absolute Gasteiger partial charge is 0.352 e. The summed E-state index contributed by atoms with van der Waals surface area (Å²) in [5.74, 6) is -3.11. The number of imidazole rings is 1. The molecule has 7 nitrogen and oxygen atoms in total. The van der Waals surface area contributed by atoms with Gasteiger partial charge >= 0.3 is 6.18 Å². The van der Waals surface area contributed by atoms with Crippen molar-refractivity contribution in [1.82, 2.24) is 25.2 Å². The van der Waals surface area contributed by atoms with Crippen molar-refractivity contribution in [3.05, 3.63) is 65.6 Å². The van der Waals surface area contributed by atoms with Gasteiger partial charge in [0.2, 0.25) is 5.91 Å². The van der Waals surface area contributed by atoms with Gasteiger partial charge < -0.3 is 10.6 Å². The number of nitrogens with zero attached hydrogens (tertiary/aromatic N) is 3. The molecule has 2 heterocycles. The normalized spacial score (nSPS) is 21.4. The zero-order valence-electron chi connectivity index (χ0n) is 21.8. The Morgan fingerprint density at radius 1 is 1.00 bits per heavy atom. The molecule has 2 N–H and O–H groups in total. The van der Waals surface area contributed by atoms with Crippen molar-refractivity contribution in [2.45, 2.75) is 76.6 Å². The summed E-state index contributed by atoms with van der Waals surface area (Å²) in [7, 11) is 0. The summed E-state index contributed by atoms with van der Waals surface area (Å²) in [6.07, 6.45) is 5.77. The molecule has 39 heavy (non-hydrogen) atoms. The lowest BCUT2D eigenvalue weighted by atomic mass is 9.78. The van der Waals surface area contributed by atoms with Gasteiger partial charge in [0.05, 0.1) is 30.0 Å². The van der Waals surface area contributed by atoms with E-state index >= 15 is 0 Å². The van der Waals surface area contributed by atoms with Crippen LogP contribution in [0.2, 0.25) is 0 Å². The van der Waals surface area contributed by atoms with Crippen LogP contribution in [0.15, 0.2) is 48.8 Å². The predicted molar refractivity (Wildman–Crippen MR) is 140 cm³/mol. The maximum Gasteiger partial charge on any atom is 0.392 e. The summed E-state index contributed by atoms with van der Waals surface area (Å²) >= 11 is 0. The summed E-state index contributed by atoms with van der Waals surface area (Å²) in [5, 5.41) is 10.3. The van der Waals surface area contributed by atoms with E-state index in [0.717, 1.165) is 31.4 Å². The largest absolute Gasteiger partial charge is 0.392 e. The lowest BCUT2D eigenvalue weighted by molar-refractivity contribution is -0.198. The molecule has 0 radical (unpaired) electrons. The number of aromatic nitrogens is 3. The molecule has 0 bridgehead atoms. The van der Waals surface area contributed by atoms with Gasteiger partial charge in [-0.1, -0.05) is 50.3 Å². The first kappa shape index (κ1) is 27.1. The highest BCUT2D eigenvalue weighted by molar-refractivity contribution is 5.94. The van der Waals surface area contributed by atoms with E-state index in [-0.39, 0.29) is 37.3 Å². The Morgan fingerprint density at radius 2 is 1.72 bits per heavy atom. The maximum atomic E-state index is 13.4. The Labute approximate surface area is 225 Å². The molecule has 1 aromatic carbocycles. The van der Waals surface area contributed by atoms with Crippen LogP contribution in [0, 0.1) is 17.8 Å². The third kappa shape index (κ3) is 6.42. The van der Waals surface area contributed by atoms with Crippen molar-refractivity contribution in [2.24, 2.45) is 17.8 Å². The molecule has 3 aromatic rings. The van der Waals surface area contributed by atoms with Gasteiger partial charge in [0, 0.05) is 18.0 Å². The Kier molecular flexibility index (Phi) is 8.18. The number of hydrogen-bond acceptors (Lipinski definition) is 4. The number of amides is 2. The first-order valence-electron chi connectivity index (χ1n) is 13.8. The number of halogens is 3. The van der Waals surface area contributed by atoms with Crippen molar-refractivity contribution in [3.8, 4) is 0 Å². The van der Waals surface area contributed by atoms with Gasteiger partial charge in [-0.05, 0) is 55.4 Å². The van der Waals surface area contributed by atoms with Gasteiger partial charge in [-0.25, -0.2) is 9.50 Å². The number of nitrogens with one attached hydrogen (secondary N) is 2. The highest BCUT2D eigenvalue weighted by Gasteiger charge is 2.48. The predicted octanol–water partition coefficient (Wildman–Crippen LogP) is 5.77. The molecule has 0 spiro atoms. The molecular weight excluding hydrogens is 507 g/mol. The number of hydrogen-bond donors (Lipinski definition) is 2. The fourth-order valence-corrected chi connectivity index (χ4v) is 6.05. The zero-order chi connectivity index (χ0) is 27.4. The van der Waals surface area contributed by atoms with Crippen LogP contribution in [0.4, 0.5) is 13.2 Å². The number of rotatable bonds is 7. The summed E-state index contributed by atoms with van der Waals surface area (Å²) in [5.41, 5.74) is 2.51. The standard InChI is InChI=1S/C29H34F3N5O2/c30-29(31,32)23-14-8-7-13-22(23)28(39)33-16-19-15-25-35-24(18-37(25)34-17-19)26(20-9-3-1-4-10-20)36-27(38)21-11-5-2-6-12-21/h2,5-6,11-12,15,17-18,20,22-23,26H,1,3-4,7-10,13-14,16H2,(H,33,39)(H,36,38)/t22-,23-,26-/m0/s1. The molecule has 0 unspecified atom stereocenters. The van der Waals surface area contributed by atoms with Gasteiger partial charge in [0.15, 0.2) is 5.65 Å². The van der Waals surface area contributed by atoms with Crippen molar-refractivity contribution >= 4 is 17.5 Å². The summed E-state index contributed by atoms with van der Waals surface area (Å²) in [6.45, 7) is 0.0718. The molecular formula is C29H34F3N5O2. The molecule has 5 rings (SSSR count). The molecule has 3 atom stereocenters. The van der Waals surface area contributed by atoms with Gasteiger partial charge in [-0.3, -0.25) is 9.59 Å². The lowest BCUT2D eigenvalue weighted by Crippen LogP contribution is -2.42. The number of carbonyl (C=O) groups is 2. The van der Waals surface area contributed by atoms with Gasteiger partial charge in [0.25, 0.3) is 5.91 Å². The molecule has 2 saturated carbocycles. The summed E-state index contributed by atoms with van der Waals surface area (Å²) in [4.78, 5) is 30.5. The Morgan fingerprint density at radius 3 is 2.46 bits per heavy atom. The van der Waals surface area contributed by atoms with Crippen molar-refractivity contribution in [2.75, 3.05) is 0 Å². The SMILES string of the molecule is O=C(N[C@H](c1cn2ncc(CNC(=O)[C@H]3CCCC[C@@H]3C(F)(F)F)cc2n1)C1CCCCC1)c1ccccc1. The molecule has 0 aliphatic heterocycles. The third-order valence-electron chi connectivity index (χ3n) is 8.15. The molecule has 2 aromatic heterocycles. The van der Waals surface area contributed by atoms with Gasteiger partial charge in [-0.15, -0.1) is 0 Å². The van der Waals surface area contributed by atoms with E-state index in [1.54, 1.807) is 28.9 Å². The first-order chi connectivity index (χ1) is 18.8. The molecule has 208 valence electrons. The van der Waals surface area contributed by atoms with Crippen molar-refractivity contribution < 1.29 is 22.8 Å². The second-order valence-electron chi connectivity index (χ2n) is 10.8. The molecule has 2 aliphatic carbocycles. The summed E-state index contributed by atoms with van der Waals surface area (Å²) in [6, 6.07) is 10.6. The molecule has 0 saturated heterocycles. The average molecular weight is 542 g/mol. The average Bonchev–Trinajstić information content (AvgIpc) is 3.38. The zero-order valence-corrected chi connectivity index (χ0v) is 21.8. The van der Waals surface area contributed by atoms with Crippen LogP contribution in [0.1, 0.15) is 85.4 Å². The molecule has 2 amide bonds. The number of fused-ring (bicyclic) bond motifs is 1. The minimum Gasteiger partial charge on any atom is -0.352 e. The van der Waals surface area contributed by atoms with Crippen LogP contribution in [0.25, 0.3) is 5.65 Å². The van der Waals surface area contributed by atoms with E-state index in [2.05, 4.69) is 15.7 Å². The van der Waals surface area contributed by atoms with E-state index in [1.807, 2.05) is 24.4 Å². The van der Waals surface area contributed by atoms with Crippen LogP contribution in [0.3, 0.4) is 0 Å². The van der Waals surface area contributed by atoms with Crippen LogP contribution in [0.5, 0.6) is 0 Å². The molecule has 2 fully saturated rings. The first-order valence-corrected chi connectivity index (χ1v) is 13.8.